The number of fused-ring (bicyclic) bond motifs is 1. The van der Waals surface area contributed by atoms with Gasteiger partial charge in [-0.05, 0) is 43.2 Å². The highest BCUT2D eigenvalue weighted by Gasteiger charge is 2.18. The highest BCUT2D eigenvalue weighted by atomic mass is 32.1. The number of ether oxygens (including phenoxy) is 5. The van der Waals surface area contributed by atoms with Gasteiger partial charge in [-0.1, -0.05) is 35.6 Å². The third kappa shape index (κ3) is 6.36. The Morgan fingerprint density at radius 2 is 1.71 bits per heavy atom. The monoisotopic (exact) mass is 444 g/mol. The summed E-state index contributed by atoms with van der Waals surface area (Å²) in [5, 5.41) is 1.22. The van der Waals surface area contributed by atoms with Crippen molar-refractivity contribution in [3.8, 4) is 16.6 Å². The van der Waals surface area contributed by atoms with Gasteiger partial charge in [0.1, 0.15) is 19.0 Å². The van der Waals surface area contributed by atoms with Crippen LogP contribution < -0.4 is 14.2 Å². The van der Waals surface area contributed by atoms with E-state index in [2.05, 4.69) is 4.74 Å². The SMILES string of the molecule is CCOC(=O)Oc1sc2ccccc2c1OCCOc1ccc(CCC(=O)OC)cc1. The lowest BCUT2D eigenvalue weighted by Crippen LogP contribution is -2.12. The van der Waals surface area contributed by atoms with Gasteiger partial charge in [0.05, 0.1) is 13.7 Å². The van der Waals surface area contributed by atoms with Crippen molar-refractivity contribution in [1.82, 2.24) is 0 Å². The van der Waals surface area contributed by atoms with Gasteiger partial charge in [-0.3, -0.25) is 4.79 Å². The zero-order chi connectivity index (χ0) is 22.1. The molecule has 0 unspecified atom stereocenters. The minimum atomic E-state index is -0.762. The quantitative estimate of drug-likeness (QED) is 0.322. The van der Waals surface area contributed by atoms with Gasteiger partial charge < -0.3 is 23.7 Å². The summed E-state index contributed by atoms with van der Waals surface area (Å²) in [7, 11) is 1.38. The molecule has 164 valence electrons. The molecule has 3 rings (SSSR count). The normalized spacial score (nSPS) is 10.5. The standard InChI is InChI=1S/C23H24O7S/c1-3-27-23(25)30-22-21(18-6-4-5-7-19(18)31-22)29-15-14-28-17-11-8-16(9-12-17)10-13-20(24)26-2/h4-9,11-12H,3,10,13-15H2,1-2H3. The lowest BCUT2D eigenvalue weighted by molar-refractivity contribution is -0.140. The molecular formula is C23H24O7S. The van der Waals surface area contributed by atoms with Crippen LogP contribution >= 0.6 is 11.3 Å². The zero-order valence-corrected chi connectivity index (χ0v) is 18.2. The first kappa shape index (κ1) is 22.4. The van der Waals surface area contributed by atoms with E-state index in [1.165, 1.54) is 18.4 Å². The van der Waals surface area contributed by atoms with Gasteiger partial charge in [0.15, 0.2) is 5.75 Å². The molecule has 1 aromatic heterocycles. The molecule has 0 saturated carbocycles. The van der Waals surface area contributed by atoms with E-state index in [0.29, 0.717) is 36.0 Å². The lowest BCUT2D eigenvalue weighted by Gasteiger charge is -2.10. The van der Waals surface area contributed by atoms with Gasteiger partial charge >= 0.3 is 12.1 Å². The maximum atomic E-state index is 11.7. The molecule has 0 spiro atoms. The fourth-order valence-electron chi connectivity index (χ4n) is 2.83. The van der Waals surface area contributed by atoms with Gasteiger partial charge in [0, 0.05) is 16.5 Å². The van der Waals surface area contributed by atoms with E-state index in [1.54, 1.807) is 6.92 Å². The van der Waals surface area contributed by atoms with Crippen molar-refractivity contribution in [2.75, 3.05) is 26.9 Å². The highest BCUT2D eigenvalue weighted by Crippen LogP contribution is 2.44. The van der Waals surface area contributed by atoms with Crippen LogP contribution in [0.4, 0.5) is 4.79 Å². The Morgan fingerprint density at radius 1 is 0.968 bits per heavy atom. The first-order chi connectivity index (χ1) is 15.1. The predicted molar refractivity (Wildman–Crippen MR) is 117 cm³/mol. The second-order valence-electron chi connectivity index (χ2n) is 6.42. The van der Waals surface area contributed by atoms with E-state index in [0.717, 1.165) is 15.6 Å². The fourth-order valence-corrected chi connectivity index (χ4v) is 3.82. The Labute approximate surface area is 184 Å². The molecule has 0 aliphatic rings. The Balaban J connectivity index is 1.55. The Morgan fingerprint density at radius 3 is 2.45 bits per heavy atom. The molecule has 2 aromatic carbocycles. The molecule has 0 aliphatic carbocycles. The first-order valence-corrected chi connectivity index (χ1v) is 10.7. The second kappa shape index (κ2) is 11.2. The van der Waals surface area contributed by atoms with Crippen LogP contribution in [0.5, 0.6) is 16.6 Å². The van der Waals surface area contributed by atoms with Crippen LogP contribution in [0, 0.1) is 0 Å². The topological polar surface area (TPSA) is 80.3 Å². The number of hydrogen-bond donors (Lipinski definition) is 0. The third-order valence-corrected chi connectivity index (χ3v) is 5.36. The van der Waals surface area contributed by atoms with Crippen molar-refractivity contribution >= 4 is 33.5 Å². The molecule has 0 radical (unpaired) electrons. The zero-order valence-electron chi connectivity index (χ0n) is 17.4. The summed E-state index contributed by atoms with van der Waals surface area (Å²) in [5.41, 5.74) is 1.03. The number of benzene rings is 2. The number of carbonyl (C=O) groups is 2. The van der Waals surface area contributed by atoms with Crippen molar-refractivity contribution in [3.05, 3.63) is 54.1 Å². The minimum absolute atomic E-state index is 0.231. The van der Waals surface area contributed by atoms with Crippen LogP contribution in [0.2, 0.25) is 0 Å². The largest absolute Gasteiger partial charge is 0.514 e. The molecule has 0 bridgehead atoms. The summed E-state index contributed by atoms with van der Waals surface area (Å²) in [6.07, 6.45) is 0.197. The van der Waals surface area contributed by atoms with Crippen LogP contribution in [0.3, 0.4) is 0 Å². The van der Waals surface area contributed by atoms with Crippen LogP contribution in [0.25, 0.3) is 10.1 Å². The van der Waals surface area contributed by atoms with E-state index in [1.807, 2.05) is 48.5 Å². The van der Waals surface area contributed by atoms with Crippen molar-refractivity contribution in [2.45, 2.75) is 19.8 Å². The smallest absolute Gasteiger partial charge is 0.490 e. The molecule has 0 amide bonds. The molecule has 3 aromatic rings. The van der Waals surface area contributed by atoms with Gasteiger partial charge in [0.2, 0.25) is 5.06 Å². The second-order valence-corrected chi connectivity index (χ2v) is 7.43. The molecule has 8 heteroatoms. The van der Waals surface area contributed by atoms with E-state index < -0.39 is 6.16 Å². The molecule has 7 nitrogen and oxygen atoms in total. The maximum Gasteiger partial charge on any atom is 0.514 e. The fraction of sp³-hybridized carbons (Fsp3) is 0.304. The Kier molecular flexibility index (Phi) is 8.12. The lowest BCUT2D eigenvalue weighted by atomic mass is 10.1. The van der Waals surface area contributed by atoms with Crippen LogP contribution in [-0.2, 0) is 20.7 Å². The van der Waals surface area contributed by atoms with E-state index in [4.69, 9.17) is 18.9 Å². The summed E-state index contributed by atoms with van der Waals surface area (Å²) >= 11 is 1.32. The number of carbonyl (C=O) groups excluding carboxylic acids is 2. The maximum absolute atomic E-state index is 11.7. The van der Waals surface area contributed by atoms with Crippen molar-refractivity contribution in [2.24, 2.45) is 0 Å². The molecule has 0 fully saturated rings. The van der Waals surface area contributed by atoms with E-state index in [-0.39, 0.29) is 19.2 Å². The molecule has 0 aliphatic heterocycles. The third-order valence-electron chi connectivity index (χ3n) is 4.33. The number of rotatable bonds is 10. The average molecular weight is 445 g/mol. The predicted octanol–water partition coefficient (Wildman–Crippen LogP) is 5.00. The van der Waals surface area contributed by atoms with Gasteiger partial charge in [-0.25, -0.2) is 4.79 Å². The summed E-state index contributed by atoms with van der Waals surface area (Å²) < 4.78 is 27.4. The molecule has 0 saturated heterocycles. The van der Waals surface area contributed by atoms with E-state index in [9.17, 15) is 9.59 Å². The molecule has 1 heterocycles. The van der Waals surface area contributed by atoms with Crippen LogP contribution in [0.1, 0.15) is 18.9 Å². The Bertz CT molecular complexity index is 1010. The summed E-state index contributed by atoms with van der Waals surface area (Å²) in [6.45, 7) is 2.52. The molecule has 0 atom stereocenters. The van der Waals surface area contributed by atoms with Crippen molar-refractivity contribution in [1.29, 1.82) is 0 Å². The van der Waals surface area contributed by atoms with Crippen molar-refractivity contribution in [3.63, 3.8) is 0 Å². The average Bonchev–Trinajstić information content (AvgIpc) is 3.12. The summed E-state index contributed by atoms with van der Waals surface area (Å²) in [6, 6.07) is 15.2. The summed E-state index contributed by atoms with van der Waals surface area (Å²) in [4.78, 5) is 23.0. The van der Waals surface area contributed by atoms with Crippen molar-refractivity contribution < 1.29 is 33.3 Å². The van der Waals surface area contributed by atoms with Crippen LogP contribution in [-0.4, -0.2) is 39.1 Å². The molecule has 31 heavy (non-hydrogen) atoms. The van der Waals surface area contributed by atoms with E-state index >= 15 is 0 Å². The van der Waals surface area contributed by atoms with Crippen LogP contribution in [0.15, 0.2) is 48.5 Å². The van der Waals surface area contributed by atoms with Gasteiger partial charge in [0.25, 0.3) is 0 Å². The number of methoxy groups -OCH3 is 1. The first-order valence-electron chi connectivity index (χ1n) is 9.88. The Hall–Kier alpha value is -3.26. The minimum Gasteiger partial charge on any atom is -0.490 e. The molecule has 0 N–H and O–H groups in total. The molecular weight excluding hydrogens is 420 g/mol. The van der Waals surface area contributed by atoms with Gasteiger partial charge in [-0.15, -0.1) is 0 Å². The number of aryl methyl sites for hydroxylation is 1. The number of esters is 1. The highest BCUT2D eigenvalue weighted by molar-refractivity contribution is 7.21. The summed E-state index contributed by atoms with van der Waals surface area (Å²) in [5.74, 6) is 0.962. The number of hydrogen-bond acceptors (Lipinski definition) is 8. The number of thiophene rings is 1. The van der Waals surface area contributed by atoms with Gasteiger partial charge in [-0.2, -0.15) is 0 Å².